The number of hydrogen-bond acceptors (Lipinski definition) is 5. The van der Waals surface area contributed by atoms with E-state index in [0.717, 1.165) is 5.56 Å². The van der Waals surface area contributed by atoms with Gasteiger partial charge in [0.2, 0.25) is 5.75 Å². The molecule has 0 spiro atoms. The highest BCUT2D eigenvalue weighted by molar-refractivity contribution is 5.96. The predicted molar refractivity (Wildman–Crippen MR) is 102 cm³/mol. The number of rotatable bonds is 7. The summed E-state index contributed by atoms with van der Waals surface area (Å²) in [4.78, 5) is 12.3. The third kappa shape index (κ3) is 4.53. The summed E-state index contributed by atoms with van der Waals surface area (Å²) in [6.07, 6.45) is 1.60. The second-order valence-corrected chi connectivity index (χ2v) is 5.93. The molecule has 0 heterocycles. The Morgan fingerprint density at radius 3 is 2.04 bits per heavy atom. The van der Waals surface area contributed by atoms with E-state index in [-0.39, 0.29) is 5.91 Å². The molecule has 26 heavy (non-hydrogen) atoms. The lowest BCUT2D eigenvalue weighted by molar-refractivity contribution is 0.0954. The first-order valence-electron chi connectivity index (χ1n) is 8.23. The van der Waals surface area contributed by atoms with Crippen LogP contribution in [0.2, 0.25) is 0 Å². The van der Waals surface area contributed by atoms with Gasteiger partial charge in [0.1, 0.15) is 0 Å². The molecule has 0 fully saturated rings. The van der Waals surface area contributed by atoms with Gasteiger partial charge in [-0.05, 0) is 29.2 Å². The van der Waals surface area contributed by atoms with Crippen molar-refractivity contribution >= 4 is 12.1 Å². The average Bonchev–Trinajstić information content (AvgIpc) is 2.66. The van der Waals surface area contributed by atoms with Crippen molar-refractivity contribution in [2.24, 2.45) is 5.10 Å². The molecule has 2 aromatic rings. The van der Waals surface area contributed by atoms with E-state index in [1.807, 2.05) is 24.3 Å². The van der Waals surface area contributed by atoms with E-state index < -0.39 is 0 Å². The minimum atomic E-state index is -0.376. The van der Waals surface area contributed by atoms with E-state index in [0.29, 0.717) is 28.7 Å². The molecular weight excluding hydrogens is 332 g/mol. The average molecular weight is 356 g/mol. The van der Waals surface area contributed by atoms with Crippen molar-refractivity contribution in [2.75, 3.05) is 21.3 Å². The van der Waals surface area contributed by atoms with Gasteiger partial charge in [0.25, 0.3) is 5.91 Å². The topological polar surface area (TPSA) is 69.2 Å². The van der Waals surface area contributed by atoms with Crippen LogP contribution in [0, 0.1) is 0 Å². The summed E-state index contributed by atoms with van der Waals surface area (Å²) < 4.78 is 15.7. The number of nitrogens with zero attached hydrogens (tertiary/aromatic N) is 1. The Morgan fingerprint density at radius 2 is 1.58 bits per heavy atom. The predicted octanol–water partition coefficient (Wildman–Crippen LogP) is 3.60. The molecule has 0 unspecified atom stereocenters. The number of hydrazone groups is 1. The van der Waals surface area contributed by atoms with Gasteiger partial charge in [-0.1, -0.05) is 38.1 Å². The van der Waals surface area contributed by atoms with E-state index in [4.69, 9.17) is 14.2 Å². The monoisotopic (exact) mass is 356 g/mol. The van der Waals surface area contributed by atoms with E-state index in [1.54, 1.807) is 18.3 Å². The van der Waals surface area contributed by atoms with E-state index in [1.165, 1.54) is 26.9 Å². The van der Waals surface area contributed by atoms with Gasteiger partial charge in [0.05, 0.1) is 27.5 Å². The zero-order chi connectivity index (χ0) is 19.1. The molecule has 2 aromatic carbocycles. The molecule has 6 nitrogen and oxygen atoms in total. The first-order valence-corrected chi connectivity index (χ1v) is 8.23. The van der Waals surface area contributed by atoms with Gasteiger partial charge in [-0.2, -0.15) is 5.10 Å². The molecule has 1 N–H and O–H groups in total. The van der Waals surface area contributed by atoms with Gasteiger partial charge < -0.3 is 14.2 Å². The molecule has 0 radical (unpaired) electrons. The summed E-state index contributed by atoms with van der Waals surface area (Å²) in [6, 6.07) is 11.2. The van der Waals surface area contributed by atoms with Crippen molar-refractivity contribution in [3.8, 4) is 17.2 Å². The third-order valence-electron chi connectivity index (χ3n) is 3.91. The molecule has 6 heteroatoms. The molecule has 0 saturated carbocycles. The molecule has 0 aliphatic rings. The number of nitrogens with one attached hydrogen (secondary N) is 1. The Balaban J connectivity index is 2.12. The highest BCUT2D eigenvalue weighted by Gasteiger charge is 2.16. The van der Waals surface area contributed by atoms with Gasteiger partial charge >= 0.3 is 0 Å². The Morgan fingerprint density at radius 1 is 1.00 bits per heavy atom. The SMILES string of the molecule is COc1cc(C(=O)N/N=C\c2ccc(C(C)C)cc2)cc(OC)c1OC. The van der Waals surface area contributed by atoms with Crippen molar-refractivity contribution < 1.29 is 19.0 Å². The van der Waals surface area contributed by atoms with Crippen LogP contribution in [-0.4, -0.2) is 33.5 Å². The fourth-order valence-corrected chi connectivity index (χ4v) is 2.41. The molecule has 0 saturated heterocycles. The Kier molecular flexibility index (Phi) is 6.60. The van der Waals surface area contributed by atoms with Gasteiger partial charge in [0, 0.05) is 5.56 Å². The molecule has 2 rings (SSSR count). The normalized spacial score (nSPS) is 10.8. The molecule has 0 bridgehead atoms. The molecular formula is C20H24N2O4. The lowest BCUT2D eigenvalue weighted by Gasteiger charge is -2.13. The molecule has 1 amide bonds. The first kappa shape index (κ1) is 19.3. The van der Waals surface area contributed by atoms with Crippen LogP contribution < -0.4 is 19.6 Å². The Bertz CT molecular complexity index is 758. The second kappa shape index (κ2) is 8.89. The summed E-state index contributed by atoms with van der Waals surface area (Å²) in [5, 5.41) is 4.01. The largest absolute Gasteiger partial charge is 0.493 e. The Hall–Kier alpha value is -3.02. The number of amides is 1. The Labute approximate surface area is 153 Å². The first-order chi connectivity index (χ1) is 12.5. The fraction of sp³-hybridized carbons (Fsp3) is 0.300. The van der Waals surface area contributed by atoms with Crippen molar-refractivity contribution in [1.29, 1.82) is 0 Å². The summed E-state index contributed by atoms with van der Waals surface area (Å²) >= 11 is 0. The second-order valence-electron chi connectivity index (χ2n) is 5.93. The van der Waals surface area contributed by atoms with Gasteiger partial charge in [0.15, 0.2) is 11.5 Å². The number of hydrogen-bond donors (Lipinski definition) is 1. The van der Waals surface area contributed by atoms with Crippen molar-refractivity contribution in [3.05, 3.63) is 53.1 Å². The minimum absolute atomic E-state index is 0.354. The van der Waals surface area contributed by atoms with Crippen molar-refractivity contribution in [2.45, 2.75) is 19.8 Å². The summed E-state index contributed by atoms with van der Waals surface area (Å²) in [5.41, 5.74) is 5.01. The summed E-state index contributed by atoms with van der Waals surface area (Å²) in [6.45, 7) is 4.28. The maximum atomic E-state index is 12.3. The molecule has 0 aromatic heterocycles. The maximum Gasteiger partial charge on any atom is 0.271 e. The third-order valence-corrected chi connectivity index (χ3v) is 3.91. The van der Waals surface area contributed by atoms with Gasteiger partial charge in [-0.25, -0.2) is 5.43 Å². The lowest BCUT2D eigenvalue weighted by Crippen LogP contribution is -2.18. The van der Waals surface area contributed by atoms with Gasteiger partial charge in [-0.15, -0.1) is 0 Å². The number of benzene rings is 2. The quantitative estimate of drug-likeness (QED) is 0.608. The van der Waals surface area contributed by atoms with Crippen LogP contribution in [0.1, 0.15) is 41.3 Å². The van der Waals surface area contributed by atoms with E-state index in [9.17, 15) is 4.79 Å². The van der Waals surface area contributed by atoms with Crippen LogP contribution in [0.4, 0.5) is 0 Å². The van der Waals surface area contributed by atoms with Crippen LogP contribution >= 0.6 is 0 Å². The number of carbonyl (C=O) groups is 1. The fourth-order valence-electron chi connectivity index (χ4n) is 2.41. The molecule has 0 aliphatic carbocycles. The van der Waals surface area contributed by atoms with Crippen LogP contribution in [0.15, 0.2) is 41.5 Å². The molecule has 0 atom stereocenters. The molecule has 138 valence electrons. The highest BCUT2D eigenvalue weighted by atomic mass is 16.5. The van der Waals surface area contributed by atoms with E-state index >= 15 is 0 Å². The van der Waals surface area contributed by atoms with Crippen LogP contribution in [-0.2, 0) is 0 Å². The number of ether oxygens (including phenoxy) is 3. The minimum Gasteiger partial charge on any atom is -0.493 e. The van der Waals surface area contributed by atoms with Crippen LogP contribution in [0.3, 0.4) is 0 Å². The number of methoxy groups -OCH3 is 3. The highest BCUT2D eigenvalue weighted by Crippen LogP contribution is 2.38. The standard InChI is InChI=1S/C20H24N2O4/c1-13(2)15-8-6-14(7-9-15)12-21-22-20(23)16-10-17(24-3)19(26-5)18(11-16)25-4/h6-13H,1-5H3,(H,22,23)/b21-12-. The smallest absolute Gasteiger partial charge is 0.271 e. The zero-order valence-corrected chi connectivity index (χ0v) is 15.7. The molecule has 0 aliphatic heterocycles. The van der Waals surface area contributed by atoms with Crippen LogP contribution in [0.5, 0.6) is 17.2 Å². The number of carbonyl (C=O) groups excluding carboxylic acids is 1. The van der Waals surface area contributed by atoms with Gasteiger partial charge in [-0.3, -0.25) is 4.79 Å². The van der Waals surface area contributed by atoms with Crippen molar-refractivity contribution in [1.82, 2.24) is 5.43 Å². The van der Waals surface area contributed by atoms with Crippen molar-refractivity contribution in [3.63, 3.8) is 0 Å². The lowest BCUT2D eigenvalue weighted by atomic mass is 10.0. The zero-order valence-electron chi connectivity index (χ0n) is 15.7. The van der Waals surface area contributed by atoms with E-state index in [2.05, 4.69) is 24.4 Å². The van der Waals surface area contributed by atoms with Crippen LogP contribution in [0.25, 0.3) is 0 Å². The maximum absolute atomic E-state index is 12.3. The summed E-state index contributed by atoms with van der Waals surface area (Å²) in [5.74, 6) is 1.34. The summed E-state index contributed by atoms with van der Waals surface area (Å²) in [7, 11) is 4.50.